The molecule has 0 aliphatic heterocycles. The number of sulfone groups is 1. The second-order valence-electron chi connectivity index (χ2n) is 6.56. The highest BCUT2D eigenvalue weighted by atomic mass is 32.2. The smallest absolute Gasteiger partial charge is 0.226 e. The number of carbonyl (C=O) groups is 1. The van der Waals surface area contributed by atoms with Gasteiger partial charge in [0.1, 0.15) is 17.3 Å². The van der Waals surface area contributed by atoms with Gasteiger partial charge < -0.3 is 4.42 Å². The SMILES string of the molecule is Cc1ccccc1-c1nc(CS(=O)(=O)CC(=O)CC2CC2)c(C)o1. The molecule has 1 fully saturated rings. The van der Waals surface area contributed by atoms with Crippen molar-refractivity contribution in [3.8, 4) is 11.5 Å². The molecular formula is C18H21NO4S. The Morgan fingerprint density at radius 1 is 1.25 bits per heavy atom. The molecule has 1 aromatic carbocycles. The lowest BCUT2D eigenvalue weighted by Gasteiger charge is -2.02. The Kier molecular flexibility index (Phi) is 4.58. The van der Waals surface area contributed by atoms with Crippen molar-refractivity contribution in [2.75, 3.05) is 5.75 Å². The van der Waals surface area contributed by atoms with Crippen LogP contribution in [-0.2, 0) is 20.4 Å². The molecule has 2 aromatic rings. The van der Waals surface area contributed by atoms with Crippen molar-refractivity contribution in [3.63, 3.8) is 0 Å². The number of benzene rings is 1. The fourth-order valence-corrected chi connectivity index (χ4v) is 4.09. The van der Waals surface area contributed by atoms with Gasteiger partial charge in [-0.15, -0.1) is 0 Å². The van der Waals surface area contributed by atoms with Crippen molar-refractivity contribution in [1.29, 1.82) is 0 Å². The molecule has 0 atom stereocenters. The number of carbonyl (C=O) groups excluding carboxylic acids is 1. The Hall–Kier alpha value is -1.95. The summed E-state index contributed by atoms with van der Waals surface area (Å²) >= 11 is 0. The zero-order chi connectivity index (χ0) is 17.3. The maximum absolute atomic E-state index is 12.3. The number of hydrogen-bond donors (Lipinski definition) is 0. The number of rotatable bonds is 7. The van der Waals surface area contributed by atoms with Crippen molar-refractivity contribution in [3.05, 3.63) is 41.3 Å². The fraction of sp³-hybridized carbons (Fsp3) is 0.444. The summed E-state index contributed by atoms with van der Waals surface area (Å²) in [5, 5.41) is 0. The number of aryl methyl sites for hydroxylation is 2. The highest BCUT2D eigenvalue weighted by molar-refractivity contribution is 7.91. The summed E-state index contributed by atoms with van der Waals surface area (Å²) in [7, 11) is -3.53. The molecule has 0 unspecified atom stereocenters. The van der Waals surface area contributed by atoms with Gasteiger partial charge in [0.15, 0.2) is 9.84 Å². The lowest BCUT2D eigenvalue weighted by Crippen LogP contribution is -2.18. The Bertz CT molecular complexity index is 863. The normalized spacial score (nSPS) is 14.8. The van der Waals surface area contributed by atoms with Crippen molar-refractivity contribution >= 4 is 15.6 Å². The van der Waals surface area contributed by atoms with E-state index < -0.39 is 15.6 Å². The standard InChI is InChI=1S/C18H21NO4S/c1-12-5-3-4-6-16(12)18-19-17(13(2)23-18)11-24(21,22)10-15(20)9-14-7-8-14/h3-6,14H,7-11H2,1-2H3. The largest absolute Gasteiger partial charge is 0.441 e. The van der Waals surface area contributed by atoms with E-state index in [0.29, 0.717) is 29.7 Å². The molecule has 1 heterocycles. The molecule has 128 valence electrons. The maximum atomic E-state index is 12.3. The van der Waals surface area contributed by atoms with Gasteiger partial charge in [0.2, 0.25) is 5.89 Å². The van der Waals surface area contributed by atoms with Crippen molar-refractivity contribution < 1.29 is 17.6 Å². The van der Waals surface area contributed by atoms with Crippen LogP contribution in [0.4, 0.5) is 0 Å². The average Bonchev–Trinajstić information content (AvgIpc) is 3.22. The summed E-state index contributed by atoms with van der Waals surface area (Å²) in [6, 6.07) is 7.64. The third-order valence-corrected chi connectivity index (χ3v) is 5.69. The number of nitrogens with zero attached hydrogens (tertiary/aromatic N) is 1. The molecule has 0 N–H and O–H groups in total. The average molecular weight is 347 g/mol. The van der Waals surface area contributed by atoms with Gasteiger partial charge in [-0.25, -0.2) is 13.4 Å². The van der Waals surface area contributed by atoms with E-state index >= 15 is 0 Å². The molecule has 1 aliphatic carbocycles. The summed E-state index contributed by atoms with van der Waals surface area (Å²) in [6.45, 7) is 3.65. The molecule has 5 nitrogen and oxygen atoms in total. The van der Waals surface area contributed by atoms with Crippen molar-refractivity contribution in [2.24, 2.45) is 5.92 Å². The number of Topliss-reactive ketones (excluding diaryl/α,β-unsaturated/α-hetero) is 1. The van der Waals surface area contributed by atoms with Crippen LogP contribution in [0.25, 0.3) is 11.5 Å². The zero-order valence-electron chi connectivity index (χ0n) is 13.9. The third-order valence-electron chi connectivity index (χ3n) is 4.22. The van der Waals surface area contributed by atoms with Gasteiger partial charge in [-0.05, 0) is 44.2 Å². The Morgan fingerprint density at radius 2 is 1.96 bits per heavy atom. The minimum Gasteiger partial charge on any atom is -0.441 e. The second-order valence-corrected chi connectivity index (χ2v) is 8.62. The molecule has 0 spiro atoms. The quantitative estimate of drug-likeness (QED) is 0.768. The monoisotopic (exact) mass is 347 g/mol. The molecule has 24 heavy (non-hydrogen) atoms. The van der Waals surface area contributed by atoms with E-state index in [4.69, 9.17) is 4.42 Å². The van der Waals surface area contributed by atoms with E-state index in [2.05, 4.69) is 4.98 Å². The van der Waals surface area contributed by atoms with E-state index in [0.717, 1.165) is 24.0 Å². The van der Waals surface area contributed by atoms with Crippen molar-refractivity contribution in [2.45, 2.75) is 38.9 Å². The first-order chi connectivity index (χ1) is 11.3. The van der Waals surface area contributed by atoms with Crippen LogP contribution >= 0.6 is 0 Å². The van der Waals surface area contributed by atoms with Gasteiger partial charge in [0.05, 0.1) is 11.4 Å². The van der Waals surface area contributed by atoms with Crippen LogP contribution in [0.3, 0.4) is 0 Å². The molecule has 6 heteroatoms. The molecule has 1 aromatic heterocycles. The van der Waals surface area contributed by atoms with E-state index in [1.165, 1.54) is 0 Å². The minimum atomic E-state index is -3.53. The molecule has 0 amide bonds. The molecule has 3 rings (SSSR count). The lowest BCUT2D eigenvalue weighted by molar-refractivity contribution is -0.117. The Morgan fingerprint density at radius 3 is 2.62 bits per heavy atom. The predicted octanol–water partition coefficient (Wildman–Crippen LogP) is 3.24. The number of oxazole rings is 1. The first-order valence-electron chi connectivity index (χ1n) is 8.08. The zero-order valence-corrected chi connectivity index (χ0v) is 14.7. The van der Waals surface area contributed by atoms with Gasteiger partial charge >= 0.3 is 0 Å². The summed E-state index contributed by atoms with van der Waals surface area (Å²) in [5.41, 5.74) is 2.23. The highest BCUT2D eigenvalue weighted by Crippen LogP contribution is 2.32. The maximum Gasteiger partial charge on any atom is 0.226 e. The Balaban J connectivity index is 1.75. The van der Waals surface area contributed by atoms with Crippen LogP contribution in [0.15, 0.2) is 28.7 Å². The van der Waals surface area contributed by atoms with Crippen LogP contribution in [0, 0.1) is 19.8 Å². The summed E-state index contributed by atoms with van der Waals surface area (Å²) < 4.78 is 30.2. The molecule has 1 saturated carbocycles. The van der Waals surface area contributed by atoms with Gasteiger partial charge in [-0.3, -0.25) is 4.79 Å². The first-order valence-corrected chi connectivity index (χ1v) is 9.90. The minimum absolute atomic E-state index is 0.197. The van der Waals surface area contributed by atoms with Gasteiger partial charge in [0.25, 0.3) is 0 Å². The van der Waals surface area contributed by atoms with Crippen LogP contribution < -0.4 is 0 Å². The number of hydrogen-bond acceptors (Lipinski definition) is 5. The lowest BCUT2D eigenvalue weighted by atomic mass is 10.1. The summed E-state index contributed by atoms with van der Waals surface area (Å²) in [5.74, 6) is 0.429. The van der Waals surface area contributed by atoms with E-state index in [-0.39, 0.29) is 11.5 Å². The summed E-state index contributed by atoms with van der Waals surface area (Å²) in [4.78, 5) is 16.2. The molecule has 0 saturated heterocycles. The summed E-state index contributed by atoms with van der Waals surface area (Å²) in [6.07, 6.45) is 2.45. The van der Waals surface area contributed by atoms with Crippen LogP contribution in [-0.4, -0.2) is 24.9 Å². The van der Waals surface area contributed by atoms with E-state index in [1.807, 2.05) is 31.2 Å². The van der Waals surface area contributed by atoms with Gasteiger partial charge in [0, 0.05) is 12.0 Å². The van der Waals surface area contributed by atoms with Crippen LogP contribution in [0.1, 0.15) is 36.3 Å². The molecular weight excluding hydrogens is 326 g/mol. The van der Waals surface area contributed by atoms with Gasteiger partial charge in [-0.1, -0.05) is 18.2 Å². The third kappa shape index (κ3) is 4.12. The fourth-order valence-electron chi connectivity index (χ4n) is 2.70. The van der Waals surface area contributed by atoms with Gasteiger partial charge in [-0.2, -0.15) is 0 Å². The van der Waals surface area contributed by atoms with E-state index in [9.17, 15) is 13.2 Å². The van der Waals surface area contributed by atoms with E-state index in [1.54, 1.807) is 6.92 Å². The first kappa shape index (κ1) is 16.9. The molecule has 1 aliphatic rings. The highest BCUT2D eigenvalue weighted by Gasteiger charge is 2.28. The topological polar surface area (TPSA) is 77.2 Å². The predicted molar refractivity (Wildman–Crippen MR) is 91.3 cm³/mol. The van der Waals surface area contributed by atoms with Crippen molar-refractivity contribution in [1.82, 2.24) is 4.98 Å². The van der Waals surface area contributed by atoms with Crippen LogP contribution in [0.2, 0.25) is 0 Å². The van der Waals surface area contributed by atoms with Crippen LogP contribution in [0.5, 0.6) is 0 Å². The second kappa shape index (κ2) is 6.51. The molecule has 0 radical (unpaired) electrons. The number of aromatic nitrogens is 1. The Labute approximate surface area is 142 Å². The number of ketones is 1. The molecule has 0 bridgehead atoms.